The number of nitrogens with zero attached hydrogens (tertiary/aromatic N) is 1. The minimum atomic E-state index is -0.0821. The smallest absolute Gasteiger partial charge is 0.0703 e. The normalized spacial score (nSPS) is 17.5. The predicted octanol–water partition coefficient (Wildman–Crippen LogP) is 3.23. The first-order valence-corrected chi connectivity index (χ1v) is 6.40. The Kier molecular flexibility index (Phi) is 3.63. The van der Waals surface area contributed by atoms with Crippen LogP contribution >= 0.6 is 15.9 Å². The summed E-state index contributed by atoms with van der Waals surface area (Å²) in [5.41, 5.74) is 1.16. The largest absolute Gasteiger partial charge is 0.311 e. The standard InChI is InChI=1S/C13H15BrN2/c14-12-5-2-1-4-11(12)8-16-10-13(9-15)6-3-7-13/h1-2,4-5,16H,3,6-8,10H2. The van der Waals surface area contributed by atoms with Gasteiger partial charge in [-0.05, 0) is 24.5 Å². The summed E-state index contributed by atoms with van der Waals surface area (Å²) in [5, 5.41) is 12.5. The molecule has 2 rings (SSSR count). The van der Waals surface area contributed by atoms with Gasteiger partial charge in [0.1, 0.15) is 0 Å². The van der Waals surface area contributed by atoms with Crippen LogP contribution in [0.2, 0.25) is 0 Å². The van der Waals surface area contributed by atoms with E-state index in [1.165, 1.54) is 12.0 Å². The highest BCUT2D eigenvalue weighted by molar-refractivity contribution is 9.10. The van der Waals surface area contributed by atoms with E-state index < -0.39 is 0 Å². The number of nitriles is 1. The summed E-state index contributed by atoms with van der Waals surface area (Å²) in [6, 6.07) is 10.6. The fourth-order valence-electron chi connectivity index (χ4n) is 2.01. The maximum Gasteiger partial charge on any atom is 0.0703 e. The molecule has 1 aromatic carbocycles. The van der Waals surface area contributed by atoms with Crippen molar-refractivity contribution in [3.05, 3.63) is 34.3 Å². The molecule has 3 heteroatoms. The van der Waals surface area contributed by atoms with E-state index >= 15 is 0 Å². The summed E-state index contributed by atoms with van der Waals surface area (Å²) in [7, 11) is 0. The molecule has 0 unspecified atom stereocenters. The maximum absolute atomic E-state index is 9.09. The van der Waals surface area contributed by atoms with Gasteiger partial charge >= 0.3 is 0 Å². The molecule has 0 radical (unpaired) electrons. The van der Waals surface area contributed by atoms with Gasteiger partial charge in [-0.2, -0.15) is 5.26 Å². The maximum atomic E-state index is 9.09. The van der Waals surface area contributed by atoms with E-state index in [4.69, 9.17) is 5.26 Å². The molecular formula is C13H15BrN2. The van der Waals surface area contributed by atoms with Crippen LogP contribution in [-0.2, 0) is 6.54 Å². The second-order valence-electron chi connectivity index (χ2n) is 4.44. The lowest BCUT2D eigenvalue weighted by molar-refractivity contribution is 0.206. The molecule has 1 N–H and O–H groups in total. The molecular weight excluding hydrogens is 264 g/mol. The first-order valence-electron chi connectivity index (χ1n) is 5.61. The highest BCUT2D eigenvalue weighted by Gasteiger charge is 2.36. The third-order valence-electron chi connectivity index (χ3n) is 3.28. The number of benzene rings is 1. The fourth-order valence-corrected chi connectivity index (χ4v) is 2.43. The summed E-state index contributed by atoms with van der Waals surface area (Å²) >= 11 is 3.52. The highest BCUT2D eigenvalue weighted by atomic mass is 79.9. The molecule has 0 spiro atoms. The average Bonchev–Trinajstić information content (AvgIpc) is 2.25. The van der Waals surface area contributed by atoms with E-state index in [1.807, 2.05) is 18.2 Å². The molecule has 0 aromatic heterocycles. The highest BCUT2D eigenvalue weighted by Crippen LogP contribution is 2.39. The van der Waals surface area contributed by atoms with Crippen LogP contribution in [0.15, 0.2) is 28.7 Å². The topological polar surface area (TPSA) is 35.8 Å². The Hall–Kier alpha value is -0.850. The first-order chi connectivity index (χ1) is 7.76. The van der Waals surface area contributed by atoms with Gasteiger partial charge in [-0.3, -0.25) is 0 Å². The van der Waals surface area contributed by atoms with Crippen LogP contribution in [0.25, 0.3) is 0 Å². The Morgan fingerprint density at radius 3 is 2.69 bits per heavy atom. The van der Waals surface area contributed by atoms with E-state index in [2.05, 4.69) is 33.4 Å². The molecule has 0 heterocycles. The summed E-state index contributed by atoms with van der Waals surface area (Å²) in [4.78, 5) is 0. The lowest BCUT2D eigenvalue weighted by Gasteiger charge is -2.35. The molecule has 0 aliphatic heterocycles. The van der Waals surface area contributed by atoms with Crippen LogP contribution in [0, 0.1) is 16.7 Å². The van der Waals surface area contributed by atoms with E-state index in [0.29, 0.717) is 0 Å². The van der Waals surface area contributed by atoms with Crippen molar-refractivity contribution in [3.8, 4) is 6.07 Å². The number of hydrogen-bond acceptors (Lipinski definition) is 2. The van der Waals surface area contributed by atoms with Gasteiger partial charge in [0, 0.05) is 17.6 Å². The molecule has 0 saturated heterocycles. The van der Waals surface area contributed by atoms with Crippen LogP contribution < -0.4 is 5.32 Å². The molecule has 0 atom stereocenters. The molecule has 0 bridgehead atoms. The van der Waals surface area contributed by atoms with Gasteiger partial charge in [-0.15, -0.1) is 0 Å². The van der Waals surface area contributed by atoms with Crippen molar-refractivity contribution in [3.63, 3.8) is 0 Å². The molecule has 2 nitrogen and oxygen atoms in total. The molecule has 1 fully saturated rings. The number of nitrogens with one attached hydrogen (secondary N) is 1. The molecule has 1 aromatic rings. The Balaban J connectivity index is 1.85. The zero-order valence-corrected chi connectivity index (χ0v) is 10.8. The average molecular weight is 279 g/mol. The Morgan fingerprint density at radius 1 is 1.38 bits per heavy atom. The van der Waals surface area contributed by atoms with Gasteiger partial charge in [0.2, 0.25) is 0 Å². The quantitative estimate of drug-likeness (QED) is 0.918. The second kappa shape index (κ2) is 4.99. The third kappa shape index (κ3) is 2.45. The van der Waals surface area contributed by atoms with E-state index in [0.717, 1.165) is 30.4 Å². The molecule has 16 heavy (non-hydrogen) atoms. The van der Waals surface area contributed by atoms with Crippen LogP contribution in [0.3, 0.4) is 0 Å². The predicted molar refractivity (Wildman–Crippen MR) is 67.7 cm³/mol. The molecule has 1 aliphatic carbocycles. The third-order valence-corrected chi connectivity index (χ3v) is 4.06. The Labute approximate surface area is 105 Å². The SMILES string of the molecule is N#CC1(CNCc2ccccc2Br)CCC1. The van der Waals surface area contributed by atoms with Crippen LogP contribution in [0.5, 0.6) is 0 Å². The summed E-state index contributed by atoms with van der Waals surface area (Å²) in [6.07, 6.45) is 3.29. The van der Waals surface area contributed by atoms with Gasteiger partial charge in [0.25, 0.3) is 0 Å². The summed E-state index contributed by atoms with van der Waals surface area (Å²) < 4.78 is 1.13. The van der Waals surface area contributed by atoms with Crippen molar-refractivity contribution in [2.75, 3.05) is 6.54 Å². The minimum absolute atomic E-state index is 0.0821. The van der Waals surface area contributed by atoms with Crippen molar-refractivity contribution in [1.29, 1.82) is 5.26 Å². The summed E-state index contributed by atoms with van der Waals surface area (Å²) in [6.45, 7) is 1.63. The lowest BCUT2D eigenvalue weighted by Crippen LogP contribution is -2.38. The van der Waals surface area contributed by atoms with E-state index in [-0.39, 0.29) is 5.41 Å². The van der Waals surface area contributed by atoms with Gasteiger partial charge < -0.3 is 5.32 Å². The van der Waals surface area contributed by atoms with Gasteiger partial charge in [0.05, 0.1) is 11.5 Å². The molecule has 84 valence electrons. The van der Waals surface area contributed by atoms with Crippen molar-refractivity contribution in [2.24, 2.45) is 5.41 Å². The zero-order valence-electron chi connectivity index (χ0n) is 9.17. The number of halogens is 1. The van der Waals surface area contributed by atoms with Crippen molar-refractivity contribution in [2.45, 2.75) is 25.8 Å². The van der Waals surface area contributed by atoms with Crippen molar-refractivity contribution < 1.29 is 0 Å². The van der Waals surface area contributed by atoms with Crippen LogP contribution in [-0.4, -0.2) is 6.54 Å². The van der Waals surface area contributed by atoms with Crippen molar-refractivity contribution in [1.82, 2.24) is 5.32 Å². The second-order valence-corrected chi connectivity index (χ2v) is 5.29. The molecule has 0 amide bonds. The van der Waals surface area contributed by atoms with Crippen LogP contribution in [0.1, 0.15) is 24.8 Å². The minimum Gasteiger partial charge on any atom is -0.311 e. The summed E-state index contributed by atoms with van der Waals surface area (Å²) in [5.74, 6) is 0. The van der Waals surface area contributed by atoms with Crippen molar-refractivity contribution >= 4 is 15.9 Å². The van der Waals surface area contributed by atoms with Gasteiger partial charge in [-0.25, -0.2) is 0 Å². The Morgan fingerprint density at radius 2 is 2.12 bits per heavy atom. The molecule has 1 saturated carbocycles. The number of rotatable bonds is 4. The lowest BCUT2D eigenvalue weighted by atomic mass is 9.70. The van der Waals surface area contributed by atoms with E-state index in [1.54, 1.807) is 0 Å². The van der Waals surface area contributed by atoms with E-state index in [9.17, 15) is 0 Å². The monoisotopic (exact) mass is 278 g/mol. The molecule has 1 aliphatic rings. The fraction of sp³-hybridized carbons (Fsp3) is 0.462. The first kappa shape index (κ1) is 11.6. The zero-order chi connectivity index (χ0) is 11.4. The van der Waals surface area contributed by atoms with Crippen LogP contribution in [0.4, 0.5) is 0 Å². The van der Waals surface area contributed by atoms with Gasteiger partial charge in [-0.1, -0.05) is 40.5 Å². The van der Waals surface area contributed by atoms with Gasteiger partial charge in [0.15, 0.2) is 0 Å². The number of hydrogen-bond donors (Lipinski definition) is 1. The Bertz CT molecular complexity index is 405.